The molecule has 118 valence electrons. The molecule has 0 aromatic heterocycles. The zero-order chi connectivity index (χ0) is 15.9. The fourth-order valence-corrected chi connectivity index (χ4v) is 2.52. The lowest BCUT2D eigenvalue weighted by Gasteiger charge is -2.15. The van der Waals surface area contributed by atoms with Gasteiger partial charge < -0.3 is 11.1 Å². The van der Waals surface area contributed by atoms with Crippen molar-refractivity contribution in [3.63, 3.8) is 0 Å². The van der Waals surface area contributed by atoms with Gasteiger partial charge in [0.15, 0.2) is 5.96 Å². The number of aliphatic imine (C=N–C) groups is 1. The Hall–Kier alpha value is -1.60. The molecular weight excluding hydrogens is 288 g/mol. The Morgan fingerprint density at radius 2 is 1.95 bits per heavy atom. The molecule has 0 saturated heterocycles. The highest BCUT2D eigenvalue weighted by Crippen LogP contribution is 2.07. The third-order valence-electron chi connectivity index (χ3n) is 3.08. The van der Waals surface area contributed by atoms with Gasteiger partial charge in [-0.2, -0.15) is 0 Å². The average Bonchev–Trinajstić information content (AvgIpc) is 2.45. The van der Waals surface area contributed by atoms with Crippen LogP contribution in [0.2, 0.25) is 0 Å². The van der Waals surface area contributed by atoms with E-state index in [0.29, 0.717) is 25.5 Å². The highest BCUT2D eigenvalue weighted by atomic mass is 32.2. The first kappa shape index (κ1) is 17.5. The maximum atomic E-state index is 11.5. The molecule has 0 spiro atoms. The van der Waals surface area contributed by atoms with E-state index < -0.39 is 10.0 Å². The van der Waals surface area contributed by atoms with Crippen LogP contribution in [0.15, 0.2) is 29.3 Å². The molecule has 0 unspecified atom stereocenters. The van der Waals surface area contributed by atoms with E-state index in [4.69, 9.17) is 5.73 Å². The Kier molecular flexibility index (Phi) is 6.64. The summed E-state index contributed by atoms with van der Waals surface area (Å²) in [6, 6.07) is 7.83. The van der Waals surface area contributed by atoms with Gasteiger partial charge >= 0.3 is 0 Å². The van der Waals surface area contributed by atoms with Gasteiger partial charge in [-0.25, -0.2) is 12.7 Å². The molecule has 0 saturated carbocycles. The highest BCUT2D eigenvalue weighted by molar-refractivity contribution is 7.89. The Balaban J connectivity index is 2.38. The summed E-state index contributed by atoms with van der Waals surface area (Å²) < 4.78 is 24.5. The van der Waals surface area contributed by atoms with Crippen LogP contribution < -0.4 is 11.1 Å². The topological polar surface area (TPSA) is 87.8 Å². The molecule has 0 bridgehead atoms. The van der Waals surface area contributed by atoms with E-state index in [0.717, 1.165) is 5.69 Å². The van der Waals surface area contributed by atoms with Gasteiger partial charge in [0.05, 0.1) is 5.75 Å². The van der Waals surface area contributed by atoms with Crippen LogP contribution in [-0.2, 0) is 10.0 Å². The number of hydrogen-bond donors (Lipinski definition) is 2. The van der Waals surface area contributed by atoms with Gasteiger partial charge in [0.25, 0.3) is 0 Å². The number of sulfonamides is 1. The minimum atomic E-state index is -3.11. The molecule has 0 radical (unpaired) electrons. The molecular formula is C14H24N4O2S. The number of nitrogens with two attached hydrogens (primary N) is 1. The molecule has 1 aromatic rings. The first-order valence-corrected chi connectivity index (χ1v) is 8.53. The van der Waals surface area contributed by atoms with E-state index in [9.17, 15) is 8.42 Å². The predicted molar refractivity (Wildman–Crippen MR) is 88.0 cm³/mol. The summed E-state index contributed by atoms with van der Waals surface area (Å²) in [5.74, 6) is 0.448. The van der Waals surface area contributed by atoms with Crippen LogP contribution in [0.5, 0.6) is 0 Å². The number of guanidine groups is 1. The summed E-state index contributed by atoms with van der Waals surface area (Å²) in [5, 5.41) is 2.99. The molecule has 3 N–H and O–H groups in total. The molecule has 1 aromatic carbocycles. The standard InChI is InChI=1S/C14H24N4O2S/c1-4-21(19,20)18(3)11-5-10-16-14(15)17-13-8-6-12(2)7-9-13/h6-9H,4-5,10-11H2,1-3H3,(H3,15,16,17). The Morgan fingerprint density at radius 1 is 1.33 bits per heavy atom. The summed E-state index contributed by atoms with van der Waals surface area (Å²) in [6.45, 7) is 4.57. The quantitative estimate of drug-likeness (QED) is 0.452. The summed E-state index contributed by atoms with van der Waals surface area (Å²) in [5.41, 5.74) is 7.84. The molecule has 7 heteroatoms. The number of hydrogen-bond acceptors (Lipinski definition) is 3. The normalized spacial score (nSPS) is 12.7. The predicted octanol–water partition coefficient (Wildman–Crippen LogP) is 1.39. The van der Waals surface area contributed by atoms with Gasteiger partial charge in [-0.1, -0.05) is 17.7 Å². The number of anilines is 1. The fraction of sp³-hybridized carbons (Fsp3) is 0.500. The minimum absolute atomic E-state index is 0.115. The third kappa shape index (κ3) is 6.14. The number of rotatable bonds is 7. The fourth-order valence-electron chi connectivity index (χ4n) is 1.68. The number of benzene rings is 1. The molecule has 0 fully saturated rings. The van der Waals surface area contributed by atoms with Gasteiger partial charge in [-0.05, 0) is 32.4 Å². The van der Waals surface area contributed by atoms with E-state index in [1.165, 1.54) is 9.87 Å². The van der Waals surface area contributed by atoms with Crippen molar-refractivity contribution in [1.82, 2.24) is 4.31 Å². The lowest BCUT2D eigenvalue weighted by Crippen LogP contribution is -2.30. The molecule has 0 heterocycles. The van der Waals surface area contributed by atoms with Gasteiger partial charge in [-0.15, -0.1) is 0 Å². The van der Waals surface area contributed by atoms with Crippen LogP contribution in [0.25, 0.3) is 0 Å². The largest absolute Gasteiger partial charge is 0.370 e. The van der Waals surface area contributed by atoms with Crippen molar-refractivity contribution in [3.8, 4) is 0 Å². The molecule has 21 heavy (non-hydrogen) atoms. The van der Waals surface area contributed by atoms with Crippen molar-refractivity contribution in [1.29, 1.82) is 0 Å². The lowest BCUT2D eigenvalue weighted by molar-refractivity contribution is 0.465. The monoisotopic (exact) mass is 312 g/mol. The molecule has 0 aliphatic heterocycles. The van der Waals surface area contributed by atoms with Gasteiger partial charge in [-0.3, -0.25) is 4.99 Å². The summed E-state index contributed by atoms with van der Waals surface area (Å²) >= 11 is 0. The molecule has 6 nitrogen and oxygen atoms in total. The smallest absolute Gasteiger partial charge is 0.213 e. The summed E-state index contributed by atoms with van der Waals surface area (Å²) in [6.07, 6.45) is 0.631. The SMILES string of the molecule is CCS(=O)(=O)N(C)CCCN=C(N)Nc1ccc(C)cc1. The number of nitrogens with one attached hydrogen (secondary N) is 1. The van der Waals surface area contributed by atoms with Crippen LogP contribution >= 0.6 is 0 Å². The first-order valence-electron chi connectivity index (χ1n) is 6.93. The molecule has 0 aliphatic carbocycles. The Bertz CT molecular complexity index is 567. The number of aryl methyl sites for hydroxylation is 1. The van der Waals surface area contributed by atoms with E-state index in [1.807, 2.05) is 31.2 Å². The van der Waals surface area contributed by atoms with Gasteiger partial charge in [0.2, 0.25) is 10.0 Å². The maximum absolute atomic E-state index is 11.5. The molecule has 1 rings (SSSR count). The molecule has 0 atom stereocenters. The van der Waals surface area contributed by atoms with Crippen LogP contribution in [0.4, 0.5) is 5.69 Å². The van der Waals surface area contributed by atoms with E-state index in [-0.39, 0.29) is 5.75 Å². The van der Waals surface area contributed by atoms with Crippen molar-refractivity contribution >= 4 is 21.7 Å². The Labute approximate surface area is 127 Å². The van der Waals surface area contributed by atoms with Crippen molar-refractivity contribution < 1.29 is 8.42 Å². The van der Waals surface area contributed by atoms with E-state index in [2.05, 4.69) is 10.3 Å². The number of nitrogens with zero attached hydrogens (tertiary/aromatic N) is 2. The summed E-state index contributed by atoms with van der Waals surface area (Å²) in [4.78, 5) is 4.18. The first-order chi connectivity index (χ1) is 9.85. The van der Waals surface area contributed by atoms with E-state index >= 15 is 0 Å². The maximum Gasteiger partial charge on any atom is 0.213 e. The van der Waals surface area contributed by atoms with Gasteiger partial charge in [0, 0.05) is 25.8 Å². The second-order valence-electron chi connectivity index (χ2n) is 4.83. The third-order valence-corrected chi connectivity index (χ3v) is 4.94. The van der Waals surface area contributed by atoms with Crippen molar-refractivity contribution in [3.05, 3.63) is 29.8 Å². The van der Waals surface area contributed by atoms with Gasteiger partial charge in [0.1, 0.15) is 0 Å². The van der Waals surface area contributed by atoms with Crippen LogP contribution in [-0.4, -0.2) is 44.6 Å². The molecule has 0 amide bonds. The minimum Gasteiger partial charge on any atom is -0.370 e. The highest BCUT2D eigenvalue weighted by Gasteiger charge is 2.13. The second-order valence-corrected chi connectivity index (χ2v) is 7.20. The molecule has 0 aliphatic rings. The van der Waals surface area contributed by atoms with Crippen LogP contribution in [0.3, 0.4) is 0 Å². The Morgan fingerprint density at radius 3 is 2.52 bits per heavy atom. The van der Waals surface area contributed by atoms with Crippen molar-refractivity contribution in [2.45, 2.75) is 20.3 Å². The zero-order valence-corrected chi connectivity index (χ0v) is 13.7. The zero-order valence-electron chi connectivity index (χ0n) is 12.8. The second kappa shape index (κ2) is 7.99. The lowest BCUT2D eigenvalue weighted by atomic mass is 10.2. The van der Waals surface area contributed by atoms with Crippen LogP contribution in [0.1, 0.15) is 18.9 Å². The van der Waals surface area contributed by atoms with E-state index in [1.54, 1.807) is 14.0 Å². The van der Waals surface area contributed by atoms with Crippen LogP contribution in [0, 0.1) is 6.92 Å². The average molecular weight is 312 g/mol. The van der Waals surface area contributed by atoms with Crippen molar-refractivity contribution in [2.24, 2.45) is 10.7 Å². The summed E-state index contributed by atoms with van der Waals surface area (Å²) in [7, 11) is -1.53. The van der Waals surface area contributed by atoms with Crippen molar-refractivity contribution in [2.75, 3.05) is 31.2 Å².